The summed E-state index contributed by atoms with van der Waals surface area (Å²) in [5.74, 6) is 0.502. The molecule has 3 aromatic carbocycles. The van der Waals surface area contributed by atoms with Crippen molar-refractivity contribution in [2.24, 2.45) is 4.99 Å². The molecule has 6 nitrogen and oxygen atoms in total. The van der Waals surface area contributed by atoms with E-state index in [1.54, 1.807) is 11.7 Å². The van der Waals surface area contributed by atoms with Gasteiger partial charge < -0.3 is 9.72 Å². The molecule has 37 heavy (non-hydrogen) atoms. The van der Waals surface area contributed by atoms with Crippen molar-refractivity contribution in [3.8, 4) is 5.75 Å². The van der Waals surface area contributed by atoms with Crippen molar-refractivity contribution < 1.29 is 9.53 Å². The second-order valence-corrected chi connectivity index (χ2v) is 10.3. The summed E-state index contributed by atoms with van der Waals surface area (Å²) < 4.78 is 8.02. The van der Waals surface area contributed by atoms with Crippen molar-refractivity contribution in [1.29, 1.82) is 0 Å². The van der Waals surface area contributed by atoms with Gasteiger partial charge >= 0.3 is 0 Å². The molecule has 0 radical (unpaired) electrons. The number of rotatable bonds is 4. The number of hydrogen-bond acceptors (Lipinski definition) is 5. The van der Waals surface area contributed by atoms with E-state index >= 15 is 0 Å². The van der Waals surface area contributed by atoms with Crippen molar-refractivity contribution in [1.82, 2.24) is 9.55 Å². The number of para-hydroxylation sites is 1. The molecule has 0 saturated heterocycles. The minimum Gasteiger partial charge on any atom is -0.496 e. The fourth-order valence-electron chi connectivity index (χ4n) is 5.39. The van der Waals surface area contributed by atoms with Crippen molar-refractivity contribution in [3.05, 3.63) is 108 Å². The molecule has 1 atom stereocenters. The van der Waals surface area contributed by atoms with E-state index in [2.05, 4.69) is 4.98 Å². The van der Waals surface area contributed by atoms with Crippen LogP contribution in [0.2, 0.25) is 0 Å². The van der Waals surface area contributed by atoms with Gasteiger partial charge in [0.1, 0.15) is 5.75 Å². The Kier molecular flexibility index (Phi) is 5.46. The minimum atomic E-state index is -0.652. The van der Waals surface area contributed by atoms with Crippen molar-refractivity contribution in [2.45, 2.75) is 26.8 Å². The molecule has 2 aromatic heterocycles. The largest absolute Gasteiger partial charge is 0.496 e. The number of thiazole rings is 1. The van der Waals surface area contributed by atoms with E-state index in [1.807, 2.05) is 80.6 Å². The van der Waals surface area contributed by atoms with E-state index in [0.29, 0.717) is 26.4 Å². The number of ether oxygens (including phenoxy) is 1. The zero-order valence-corrected chi connectivity index (χ0v) is 21.8. The number of methoxy groups -OCH3 is 1. The van der Waals surface area contributed by atoms with Crippen LogP contribution in [0, 0.1) is 6.92 Å². The summed E-state index contributed by atoms with van der Waals surface area (Å²) >= 11 is 1.34. The predicted octanol–water partition coefficient (Wildman–Crippen LogP) is 4.78. The first-order valence-electron chi connectivity index (χ1n) is 12.1. The van der Waals surface area contributed by atoms with E-state index < -0.39 is 6.04 Å². The number of nitrogens with one attached hydrogen (secondary N) is 1. The maximum absolute atomic E-state index is 14.1. The molecule has 0 spiro atoms. The molecular formula is C30H25N3O3S. The first-order valence-corrected chi connectivity index (χ1v) is 12.9. The van der Waals surface area contributed by atoms with Gasteiger partial charge in [-0.15, -0.1) is 0 Å². The predicted molar refractivity (Wildman–Crippen MR) is 148 cm³/mol. The number of nitrogens with zero attached hydrogens (tertiary/aromatic N) is 2. The molecule has 1 aliphatic rings. The molecule has 1 N–H and O–H groups in total. The summed E-state index contributed by atoms with van der Waals surface area (Å²) in [6.07, 6.45) is 1.93. The van der Waals surface area contributed by atoms with Gasteiger partial charge in [-0.2, -0.15) is 0 Å². The summed E-state index contributed by atoms with van der Waals surface area (Å²) in [7, 11) is 1.61. The van der Waals surface area contributed by atoms with Crippen molar-refractivity contribution in [3.63, 3.8) is 0 Å². The fraction of sp³-hybridized carbons (Fsp3) is 0.167. The third-order valence-corrected chi connectivity index (χ3v) is 8.03. The lowest BCUT2D eigenvalue weighted by Gasteiger charge is -2.27. The summed E-state index contributed by atoms with van der Waals surface area (Å²) in [5, 5.41) is 2.99. The highest BCUT2D eigenvalue weighted by molar-refractivity contribution is 7.07. The molecule has 0 fully saturated rings. The summed E-state index contributed by atoms with van der Waals surface area (Å²) in [5.41, 5.74) is 4.70. The number of aromatic amines is 1. The Balaban J connectivity index is 1.69. The van der Waals surface area contributed by atoms with Crippen LogP contribution in [0.15, 0.2) is 81.7 Å². The first-order chi connectivity index (χ1) is 17.9. The fourth-order valence-corrected chi connectivity index (χ4v) is 6.42. The zero-order valence-electron chi connectivity index (χ0n) is 21.0. The quantitative estimate of drug-likeness (QED) is 0.381. The van der Waals surface area contributed by atoms with Gasteiger partial charge in [0.2, 0.25) is 0 Å². The van der Waals surface area contributed by atoms with Gasteiger partial charge in [0.05, 0.1) is 17.7 Å². The van der Waals surface area contributed by atoms with E-state index in [0.717, 1.165) is 38.5 Å². The average molecular weight is 508 g/mol. The normalized spacial score (nSPS) is 15.8. The number of Topliss-reactive ketones (excluding diaryl/α,β-unsaturated/α-hetero) is 1. The molecule has 1 aliphatic heterocycles. The zero-order chi connectivity index (χ0) is 25.8. The van der Waals surface area contributed by atoms with E-state index in [9.17, 15) is 9.59 Å². The lowest BCUT2D eigenvalue weighted by molar-refractivity contribution is -0.114. The molecule has 0 aliphatic carbocycles. The van der Waals surface area contributed by atoms with Crippen LogP contribution in [0.3, 0.4) is 0 Å². The summed E-state index contributed by atoms with van der Waals surface area (Å²) in [6.45, 7) is 5.37. The van der Waals surface area contributed by atoms with Gasteiger partial charge in [-0.25, -0.2) is 4.99 Å². The summed E-state index contributed by atoms with van der Waals surface area (Å²) in [6, 6.07) is 19.2. The topological polar surface area (TPSA) is 76.4 Å². The number of carbonyl (C=O) groups is 1. The minimum absolute atomic E-state index is 0.122. The standard InChI is InChI=1S/C30H25N3O3S/c1-16-22(21-11-7-8-12-23(21)31-16)15-25-29(35)33-28(26(18(3)34)17(2)32-30(33)37-25)27-20-10-6-5-9-19(20)13-14-24(27)36-4/h5-15,28,31H,1-4H3/b25-15-. The highest BCUT2D eigenvalue weighted by Crippen LogP contribution is 2.40. The molecule has 0 saturated carbocycles. The van der Waals surface area contributed by atoms with Crippen LogP contribution in [-0.4, -0.2) is 22.4 Å². The molecule has 7 heteroatoms. The van der Waals surface area contributed by atoms with Crippen molar-refractivity contribution >= 4 is 44.9 Å². The molecule has 1 unspecified atom stereocenters. The van der Waals surface area contributed by atoms with Gasteiger partial charge in [-0.05, 0) is 49.8 Å². The number of hydrogen-bond donors (Lipinski definition) is 1. The Morgan fingerprint density at radius 2 is 1.78 bits per heavy atom. The number of allylic oxidation sites excluding steroid dienone is 2. The Bertz CT molecular complexity index is 1960. The highest BCUT2D eigenvalue weighted by Gasteiger charge is 2.33. The van der Waals surface area contributed by atoms with Gasteiger partial charge in [0, 0.05) is 39.0 Å². The molecule has 6 rings (SSSR count). The number of fused-ring (bicyclic) bond motifs is 3. The van der Waals surface area contributed by atoms with Gasteiger partial charge in [-0.1, -0.05) is 59.9 Å². The number of H-pyrrole nitrogens is 1. The Morgan fingerprint density at radius 1 is 1.05 bits per heavy atom. The average Bonchev–Trinajstić information content (AvgIpc) is 3.37. The van der Waals surface area contributed by atoms with Crippen LogP contribution in [0.1, 0.15) is 36.7 Å². The molecule has 0 bridgehead atoms. The molecule has 184 valence electrons. The van der Waals surface area contributed by atoms with E-state index in [-0.39, 0.29) is 11.3 Å². The molecule has 3 heterocycles. The van der Waals surface area contributed by atoms with Crippen LogP contribution >= 0.6 is 11.3 Å². The second-order valence-electron chi connectivity index (χ2n) is 9.25. The number of carbonyl (C=O) groups excluding carboxylic acids is 1. The summed E-state index contributed by atoms with van der Waals surface area (Å²) in [4.78, 5) is 35.8. The maximum Gasteiger partial charge on any atom is 0.271 e. The van der Waals surface area contributed by atoms with Crippen LogP contribution < -0.4 is 19.6 Å². The lowest BCUT2D eigenvalue weighted by atomic mass is 9.89. The monoisotopic (exact) mass is 507 g/mol. The third-order valence-electron chi connectivity index (χ3n) is 7.04. The molecule has 0 amide bonds. The van der Waals surface area contributed by atoms with E-state index in [1.165, 1.54) is 18.3 Å². The van der Waals surface area contributed by atoms with Gasteiger partial charge in [0.15, 0.2) is 10.6 Å². The maximum atomic E-state index is 14.1. The van der Waals surface area contributed by atoms with Crippen LogP contribution in [0.25, 0.3) is 27.8 Å². The Morgan fingerprint density at radius 3 is 2.54 bits per heavy atom. The smallest absolute Gasteiger partial charge is 0.271 e. The number of ketones is 1. The number of benzene rings is 3. The molecule has 5 aromatic rings. The van der Waals surface area contributed by atoms with Crippen LogP contribution in [0.4, 0.5) is 0 Å². The van der Waals surface area contributed by atoms with Crippen molar-refractivity contribution in [2.75, 3.05) is 7.11 Å². The second kappa shape index (κ2) is 8.71. The Hall–Kier alpha value is -4.23. The number of aryl methyl sites for hydroxylation is 1. The third kappa shape index (κ3) is 3.57. The van der Waals surface area contributed by atoms with E-state index in [4.69, 9.17) is 9.73 Å². The van der Waals surface area contributed by atoms with Crippen LogP contribution in [-0.2, 0) is 4.79 Å². The Labute approximate surface area is 216 Å². The first kappa shape index (κ1) is 23.2. The molecular weight excluding hydrogens is 482 g/mol. The van der Waals surface area contributed by atoms with Gasteiger partial charge in [0.25, 0.3) is 5.56 Å². The highest BCUT2D eigenvalue weighted by atomic mass is 32.1. The SMILES string of the molecule is COc1ccc2ccccc2c1C1C(C(C)=O)=C(C)N=c2s/c(=C\c3c(C)[nH]c4ccccc34)c(=O)n21. The van der Waals surface area contributed by atoms with Gasteiger partial charge in [-0.3, -0.25) is 14.2 Å². The number of aromatic nitrogens is 2. The van der Waals surface area contributed by atoms with Crippen LogP contribution in [0.5, 0.6) is 5.75 Å². The lowest BCUT2D eigenvalue weighted by Crippen LogP contribution is -2.39.